The third kappa shape index (κ3) is 20.1. The average molecular weight is 581 g/mol. The maximum atomic E-state index is 11.9. The first kappa shape index (κ1) is 51.9. The number of rotatable bonds is 12. The summed E-state index contributed by atoms with van der Waals surface area (Å²) in [6.45, 7) is 0. The Kier molecular flexibility index (Phi) is 31.6. The number of aliphatic carboxylic acids is 4. The standard InChI is InChI=1S/C12H14O16S.Mg.3Na.2H2O.5H/c13-5(14)1-11(23,9(19)20)3-7(17)27-12(10(21)22,2-6(15)16)4-8(18)28-29(24,25)26;;;;;;;;;;;/h23H,1-4H2,(H,13,14)(H,15,16)(H,19,20)(H,21,22)(H,24,25,26);;;;;2*1H2;;;;;. The number of ether oxygens (including phenoxy) is 1. The van der Waals surface area contributed by atoms with Crippen LogP contribution in [-0.4, -0.2) is 208 Å². The van der Waals surface area contributed by atoms with E-state index in [0.29, 0.717) is 0 Å². The van der Waals surface area contributed by atoms with Crippen LogP contribution in [0, 0.1) is 0 Å². The zero-order valence-electron chi connectivity index (χ0n) is 15.0. The predicted octanol–water partition coefficient (Wildman–Crippen LogP) is -7.27. The van der Waals surface area contributed by atoms with E-state index < -0.39 is 83.1 Å². The molecular formula is C12H23MgNa3O18S. The van der Waals surface area contributed by atoms with Gasteiger partial charge in [-0.2, -0.15) is 8.42 Å². The number of hydrogen-bond acceptors (Lipinski definition) is 11. The van der Waals surface area contributed by atoms with E-state index in [0.717, 1.165) is 0 Å². The molecule has 0 rings (SSSR count). The van der Waals surface area contributed by atoms with Crippen molar-refractivity contribution in [3.63, 3.8) is 0 Å². The average Bonchev–Trinajstić information content (AvgIpc) is 2.41. The van der Waals surface area contributed by atoms with E-state index in [9.17, 15) is 47.4 Å². The molecule has 0 radical (unpaired) electrons. The molecule has 0 aliphatic rings. The van der Waals surface area contributed by atoms with E-state index in [1.54, 1.807) is 0 Å². The summed E-state index contributed by atoms with van der Waals surface area (Å²) in [7, 11) is -5.45. The fourth-order valence-corrected chi connectivity index (χ4v) is 2.20. The third-order valence-corrected chi connectivity index (χ3v) is 3.44. The second-order valence-electron chi connectivity index (χ2n) is 5.49. The molecule has 0 fully saturated rings. The third-order valence-electron chi connectivity index (χ3n) is 3.04. The van der Waals surface area contributed by atoms with E-state index in [1.165, 1.54) is 0 Å². The monoisotopic (exact) mass is 580 g/mol. The van der Waals surface area contributed by atoms with E-state index in [2.05, 4.69) is 8.92 Å². The summed E-state index contributed by atoms with van der Waals surface area (Å²) in [6.07, 6.45) is -6.67. The van der Waals surface area contributed by atoms with Gasteiger partial charge in [-0.15, -0.1) is 0 Å². The summed E-state index contributed by atoms with van der Waals surface area (Å²) in [5.74, 6) is -12.4. The van der Waals surface area contributed by atoms with Crippen molar-refractivity contribution in [2.75, 3.05) is 0 Å². The fraction of sp³-hybridized carbons (Fsp3) is 0.500. The molecule has 0 aliphatic heterocycles. The van der Waals surface area contributed by atoms with Crippen molar-refractivity contribution in [1.82, 2.24) is 0 Å². The van der Waals surface area contributed by atoms with Crippen LogP contribution >= 0.6 is 0 Å². The van der Waals surface area contributed by atoms with Crippen molar-refractivity contribution < 1.29 is 87.1 Å². The van der Waals surface area contributed by atoms with Gasteiger partial charge in [0.25, 0.3) is 0 Å². The fourth-order valence-electron chi connectivity index (χ4n) is 1.91. The van der Waals surface area contributed by atoms with E-state index >= 15 is 0 Å². The molecule has 0 saturated carbocycles. The van der Waals surface area contributed by atoms with Crippen molar-refractivity contribution in [2.24, 2.45) is 0 Å². The Balaban J connectivity index is -0.000000261. The van der Waals surface area contributed by atoms with Gasteiger partial charge in [-0.1, -0.05) is 0 Å². The van der Waals surface area contributed by atoms with Crippen LogP contribution in [0.2, 0.25) is 0 Å². The van der Waals surface area contributed by atoms with Gasteiger partial charge in [0.1, 0.15) is 0 Å². The zero-order chi connectivity index (χ0) is 23.2. The maximum absolute atomic E-state index is 11.9. The Morgan fingerprint density at radius 2 is 1.09 bits per heavy atom. The molecule has 0 spiro atoms. The van der Waals surface area contributed by atoms with Gasteiger partial charge in [0.15, 0.2) is 5.60 Å². The van der Waals surface area contributed by atoms with Crippen molar-refractivity contribution in [3.8, 4) is 0 Å². The Bertz CT molecular complexity index is 850. The molecular weight excluding hydrogens is 557 g/mol. The molecule has 18 nitrogen and oxygen atoms in total. The Morgan fingerprint density at radius 3 is 1.37 bits per heavy atom. The predicted molar refractivity (Wildman–Crippen MR) is 118 cm³/mol. The van der Waals surface area contributed by atoms with E-state index in [4.69, 9.17) is 19.9 Å². The van der Waals surface area contributed by atoms with Gasteiger partial charge in [0.2, 0.25) is 5.60 Å². The topological polar surface area (TPSA) is 339 Å². The van der Waals surface area contributed by atoms with Crippen molar-refractivity contribution in [1.29, 1.82) is 0 Å². The van der Waals surface area contributed by atoms with Crippen LogP contribution in [0.3, 0.4) is 0 Å². The van der Waals surface area contributed by atoms with Crippen molar-refractivity contribution >= 4 is 158 Å². The van der Waals surface area contributed by atoms with Crippen LogP contribution in [0.15, 0.2) is 0 Å². The molecule has 2 atom stereocenters. The first-order valence-corrected chi connectivity index (χ1v) is 8.33. The van der Waals surface area contributed by atoms with Gasteiger partial charge in [-0.3, -0.25) is 23.7 Å². The molecule has 0 aromatic rings. The van der Waals surface area contributed by atoms with Crippen LogP contribution in [0.25, 0.3) is 0 Å². The van der Waals surface area contributed by atoms with Gasteiger partial charge >= 0.3 is 158 Å². The van der Waals surface area contributed by atoms with Crippen LogP contribution in [0.4, 0.5) is 0 Å². The summed E-state index contributed by atoms with van der Waals surface area (Å²) in [5, 5.41) is 45.2. The number of aliphatic hydroxyl groups is 1. The number of carbonyl (C=O) groups is 6. The molecule has 23 heteroatoms. The summed E-state index contributed by atoms with van der Waals surface area (Å²) in [6, 6.07) is 0. The normalized spacial score (nSPS) is 12.6. The Hall–Kier alpha value is 0.376. The van der Waals surface area contributed by atoms with Crippen molar-refractivity contribution in [2.45, 2.75) is 36.9 Å². The Labute approximate surface area is 278 Å². The van der Waals surface area contributed by atoms with Gasteiger partial charge in [0, 0.05) is 0 Å². The second kappa shape index (κ2) is 21.3. The molecule has 0 saturated heterocycles. The molecule has 0 amide bonds. The summed E-state index contributed by atoms with van der Waals surface area (Å²) < 4.78 is 37.1. The molecule has 0 aromatic carbocycles. The first-order valence-electron chi connectivity index (χ1n) is 6.97. The summed E-state index contributed by atoms with van der Waals surface area (Å²) in [5.41, 5.74) is -6.64. The van der Waals surface area contributed by atoms with Gasteiger partial charge in [0.05, 0.1) is 25.7 Å². The molecule has 2 unspecified atom stereocenters. The summed E-state index contributed by atoms with van der Waals surface area (Å²) in [4.78, 5) is 67.3. The number of esters is 1. The van der Waals surface area contributed by atoms with Crippen LogP contribution in [-0.2, 0) is 48.1 Å². The van der Waals surface area contributed by atoms with Gasteiger partial charge in [-0.05, 0) is 0 Å². The molecule has 0 bridgehead atoms. The minimum absolute atomic E-state index is 0. The number of carbonyl (C=O) groups excluding carboxylic acids is 2. The number of hydrogen-bond donors (Lipinski definition) is 6. The quantitative estimate of drug-likeness (QED) is 0.0708. The molecule has 35 heavy (non-hydrogen) atoms. The number of carboxylic acid groups (broad SMARTS) is 4. The van der Waals surface area contributed by atoms with Gasteiger partial charge in [-0.25, -0.2) is 9.59 Å². The molecule has 0 aliphatic carbocycles. The van der Waals surface area contributed by atoms with Crippen LogP contribution in [0.1, 0.15) is 25.7 Å². The molecule has 190 valence electrons. The van der Waals surface area contributed by atoms with Crippen molar-refractivity contribution in [3.05, 3.63) is 0 Å². The number of carboxylic acids is 4. The first-order chi connectivity index (χ1) is 12.9. The molecule has 0 aromatic heterocycles. The zero-order valence-corrected chi connectivity index (χ0v) is 15.8. The molecule has 10 N–H and O–H groups in total. The SMILES string of the molecule is O.O.O=C(O)CC(O)(CC(=O)OC(CC(=O)O)(CC(=O)OS(=O)(=O)O)C(=O)O)C(=O)O.[MgH2].[NaH].[NaH].[NaH]. The minimum atomic E-state index is -5.45. The van der Waals surface area contributed by atoms with Crippen LogP contribution < -0.4 is 0 Å². The van der Waals surface area contributed by atoms with Gasteiger partial charge < -0.3 is 45.4 Å². The van der Waals surface area contributed by atoms with E-state index in [-0.39, 0.29) is 123 Å². The second-order valence-corrected chi connectivity index (χ2v) is 6.51. The van der Waals surface area contributed by atoms with Crippen LogP contribution in [0.5, 0.6) is 0 Å². The summed E-state index contributed by atoms with van der Waals surface area (Å²) >= 11 is 0. The molecule has 0 heterocycles. The Morgan fingerprint density at radius 1 is 0.686 bits per heavy atom. The van der Waals surface area contributed by atoms with E-state index in [1.807, 2.05) is 0 Å².